The van der Waals surface area contributed by atoms with E-state index in [1.54, 1.807) is 0 Å². The summed E-state index contributed by atoms with van der Waals surface area (Å²) in [5.41, 5.74) is 2.91. The van der Waals surface area contributed by atoms with Crippen molar-refractivity contribution < 1.29 is 4.74 Å². The highest BCUT2D eigenvalue weighted by Gasteiger charge is 2.22. The summed E-state index contributed by atoms with van der Waals surface area (Å²) in [6, 6.07) is 6.79. The molecule has 0 aromatic heterocycles. The zero-order valence-electron chi connectivity index (χ0n) is 10.5. The van der Waals surface area contributed by atoms with Gasteiger partial charge in [0.15, 0.2) is 0 Å². The Morgan fingerprint density at radius 2 is 2.12 bits per heavy atom. The maximum Gasteiger partial charge on any atom is 0.122 e. The summed E-state index contributed by atoms with van der Waals surface area (Å²) in [5, 5.41) is 3.44. The van der Waals surface area contributed by atoms with Crippen LogP contribution in [0, 0.1) is 5.92 Å². The molecule has 2 aliphatic heterocycles. The van der Waals surface area contributed by atoms with Crippen LogP contribution in [-0.2, 0) is 6.42 Å². The predicted octanol–water partition coefficient (Wildman–Crippen LogP) is 2.72. The molecule has 0 radical (unpaired) electrons. The summed E-state index contributed by atoms with van der Waals surface area (Å²) < 4.78 is 5.57. The van der Waals surface area contributed by atoms with E-state index in [1.165, 1.54) is 37.1 Å². The molecule has 2 heterocycles. The molecule has 1 saturated heterocycles. The van der Waals surface area contributed by atoms with Crippen molar-refractivity contribution in [3.05, 3.63) is 29.3 Å². The monoisotopic (exact) mass is 231 g/mol. The van der Waals surface area contributed by atoms with Crippen molar-refractivity contribution in [3.8, 4) is 5.75 Å². The molecule has 0 saturated carbocycles. The van der Waals surface area contributed by atoms with Gasteiger partial charge in [-0.05, 0) is 55.0 Å². The van der Waals surface area contributed by atoms with Crippen molar-refractivity contribution in [1.82, 2.24) is 5.32 Å². The standard InChI is InChI=1S/C15H21NO/c1-11(12-4-7-16-8-5-12)13-2-3-15-14(10-13)6-9-17-15/h2-3,10-12,16H,4-9H2,1H3. The van der Waals surface area contributed by atoms with Gasteiger partial charge in [-0.1, -0.05) is 19.1 Å². The fourth-order valence-electron chi connectivity index (χ4n) is 3.11. The molecule has 1 unspecified atom stereocenters. The highest BCUT2D eigenvalue weighted by Crippen LogP contribution is 2.34. The lowest BCUT2D eigenvalue weighted by molar-refractivity contribution is 0.330. The van der Waals surface area contributed by atoms with Crippen LogP contribution in [0.3, 0.4) is 0 Å². The van der Waals surface area contributed by atoms with Crippen molar-refractivity contribution in [1.29, 1.82) is 0 Å². The fraction of sp³-hybridized carbons (Fsp3) is 0.600. The smallest absolute Gasteiger partial charge is 0.122 e. The Labute approximate surface area is 103 Å². The van der Waals surface area contributed by atoms with Gasteiger partial charge in [-0.2, -0.15) is 0 Å². The molecule has 2 nitrogen and oxygen atoms in total. The first-order valence-electron chi connectivity index (χ1n) is 6.81. The normalized spacial score (nSPS) is 21.9. The lowest BCUT2D eigenvalue weighted by Gasteiger charge is -2.28. The number of piperidine rings is 1. The molecule has 0 aliphatic carbocycles. The van der Waals surface area contributed by atoms with Gasteiger partial charge in [-0.15, -0.1) is 0 Å². The Morgan fingerprint density at radius 3 is 2.94 bits per heavy atom. The van der Waals surface area contributed by atoms with E-state index in [-0.39, 0.29) is 0 Å². The molecule has 17 heavy (non-hydrogen) atoms. The first-order chi connectivity index (χ1) is 8.34. The van der Waals surface area contributed by atoms with E-state index >= 15 is 0 Å². The van der Waals surface area contributed by atoms with Gasteiger partial charge >= 0.3 is 0 Å². The summed E-state index contributed by atoms with van der Waals surface area (Å²) in [6.07, 6.45) is 3.71. The molecule has 1 atom stereocenters. The van der Waals surface area contributed by atoms with Crippen LogP contribution >= 0.6 is 0 Å². The van der Waals surface area contributed by atoms with E-state index in [0.29, 0.717) is 5.92 Å². The minimum Gasteiger partial charge on any atom is -0.493 e. The van der Waals surface area contributed by atoms with E-state index in [4.69, 9.17) is 4.74 Å². The molecule has 1 N–H and O–H groups in total. The first kappa shape index (κ1) is 11.1. The summed E-state index contributed by atoms with van der Waals surface area (Å²) >= 11 is 0. The molecule has 0 amide bonds. The third kappa shape index (κ3) is 2.19. The molecule has 2 heteroatoms. The van der Waals surface area contributed by atoms with Gasteiger partial charge in [0.1, 0.15) is 5.75 Å². The van der Waals surface area contributed by atoms with E-state index in [9.17, 15) is 0 Å². The Morgan fingerprint density at radius 1 is 1.29 bits per heavy atom. The van der Waals surface area contributed by atoms with Crippen LogP contribution in [0.1, 0.15) is 36.8 Å². The average molecular weight is 231 g/mol. The van der Waals surface area contributed by atoms with Gasteiger partial charge in [0.2, 0.25) is 0 Å². The number of nitrogens with one attached hydrogen (secondary N) is 1. The van der Waals surface area contributed by atoms with Gasteiger partial charge in [0, 0.05) is 6.42 Å². The Hall–Kier alpha value is -1.02. The van der Waals surface area contributed by atoms with E-state index in [1.807, 2.05) is 0 Å². The van der Waals surface area contributed by atoms with Gasteiger partial charge in [-0.25, -0.2) is 0 Å². The first-order valence-corrected chi connectivity index (χ1v) is 6.81. The average Bonchev–Trinajstić information content (AvgIpc) is 2.86. The molecule has 3 rings (SSSR count). The minimum absolute atomic E-state index is 0.683. The molecule has 0 spiro atoms. The molecule has 1 aromatic rings. The van der Waals surface area contributed by atoms with Gasteiger partial charge in [-0.3, -0.25) is 0 Å². The van der Waals surface area contributed by atoms with Gasteiger partial charge in [0.25, 0.3) is 0 Å². The van der Waals surface area contributed by atoms with Crippen molar-refractivity contribution in [2.75, 3.05) is 19.7 Å². The molecule has 1 aromatic carbocycles. The highest BCUT2D eigenvalue weighted by molar-refractivity contribution is 5.41. The van der Waals surface area contributed by atoms with Crippen molar-refractivity contribution in [2.24, 2.45) is 5.92 Å². The summed E-state index contributed by atoms with van der Waals surface area (Å²) in [4.78, 5) is 0. The van der Waals surface area contributed by atoms with Crippen LogP contribution in [0.25, 0.3) is 0 Å². The maximum absolute atomic E-state index is 5.57. The predicted molar refractivity (Wildman–Crippen MR) is 69.6 cm³/mol. The van der Waals surface area contributed by atoms with Crippen LogP contribution in [0.5, 0.6) is 5.75 Å². The Balaban J connectivity index is 1.78. The van der Waals surface area contributed by atoms with Crippen molar-refractivity contribution >= 4 is 0 Å². The number of rotatable bonds is 2. The van der Waals surface area contributed by atoms with E-state index in [0.717, 1.165) is 24.7 Å². The largest absolute Gasteiger partial charge is 0.493 e. The third-order valence-corrected chi connectivity index (χ3v) is 4.33. The van der Waals surface area contributed by atoms with Crippen molar-refractivity contribution in [3.63, 3.8) is 0 Å². The SMILES string of the molecule is CC(c1ccc2c(c1)CCO2)C1CCNCC1. The topological polar surface area (TPSA) is 21.3 Å². The van der Waals surface area contributed by atoms with E-state index < -0.39 is 0 Å². The lowest BCUT2D eigenvalue weighted by atomic mass is 9.81. The van der Waals surface area contributed by atoms with Crippen LogP contribution in [0.4, 0.5) is 0 Å². The van der Waals surface area contributed by atoms with Gasteiger partial charge < -0.3 is 10.1 Å². The fourth-order valence-corrected chi connectivity index (χ4v) is 3.11. The minimum atomic E-state index is 0.683. The molecular weight excluding hydrogens is 210 g/mol. The summed E-state index contributed by atoms with van der Waals surface area (Å²) in [5.74, 6) is 2.63. The maximum atomic E-state index is 5.57. The van der Waals surface area contributed by atoms with Crippen molar-refractivity contribution in [2.45, 2.75) is 32.1 Å². The van der Waals surface area contributed by atoms with Crippen LogP contribution < -0.4 is 10.1 Å². The zero-order chi connectivity index (χ0) is 11.7. The quantitative estimate of drug-likeness (QED) is 0.845. The molecule has 2 aliphatic rings. The molecular formula is C15H21NO. The number of fused-ring (bicyclic) bond motifs is 1. The summed E-state index contributed by atoms with van der Waals surface area (Å²) in [6.45, 7) is 5.61. The number of hydrogen-bond acceptors (Lipinski definition) is 2. The number of hydrogen-bond donors (Lipinski definition) is 1. The molecule has 1 fully saturated rings. The number of ether oxygens (including phenoxy) is 1. The highest BCUT2D eigenvalue weighted by atomic mass is 16.5. The second-order valence-corrected chi connectivity index (χ2v) is 5.34. The second-order valence-electron chi connectivity index (χ2n) is 5.34. The van der Waals surface area contributed by atoms with Crippen LogP contribution in [0.15, 0.2) is 18.2 Å². The lowest BCUT2D eigenvalue weighted by Crippen LogP contribution is -2.30. The number of benzene rings is 1. The van der Waals surface area contributed by atoms with Gasteiger partial charge in [0.05, 0.1) is 6.61 Å². The third-order valence-electron chi connectivity index (χ3n) is 4.33. The zero-order valence-corrected chi connectivity index (χ0v) is 10.5. The second kappa shape index (κ2) is 4.69. The summed E-state index contributed by atoms with van der Waals surface area (Å²) in [7, 11) is 0. The molecule has 92 valence electrons. The molecule has 0 bridgehead atoms. The Kier molecular flexibility index (Phi) is 3.06. The van der Waals surface area contributed by atoms with Crippen LogP contribution in [-0.4, -0.2) is 19.7 Å². The van der Waals surface area contributed by atoms with E-state index in [2.05, 4.69) is 30.4 Å². The Bertz CT molecular complexity index is 396. The van der Waals surface area contributed by atoms with Crippen LogP contribution in [0.2, 0.25) is 0 Å².